The number of nitro groups is 1. The normalized spacial score (nSPS) is 11.1. The van der Waals surface area contributed by atoms with Crippen LogP contribution in [0.2, 0.25) is 0 Å². The number of nitrogens with zero attached hydrogens (tertiary/aromatic N) is 2. The van der Waals surface area contributed by atoms with Crippen molar-refractivity contribution in [2.45, 2.75) is 6.92 Å². The summed E-state index contributed by atoms with van der Waals surface area (Å²) in [6.45, 7) is 1.73. The minimum Gasteiger partial charge on any atom is -0.345 e. The number of hydrogen-bond donors (Lipinski definition) is 2. The number of nitrogens with one attached hydrogen (secondary N) is 2. The maximum Gasteiger partial charge on any atom is 0.293 e. The third-order valence-corrected chi connectivity index (χ3v) is 4.27. The highest BCUT2D eigenvalue weighted by Crippen LogP contribution is 2.29. The van der Waals surface area contributed by atoms with Crippen molar-refractivity contribution in [1.82, 2.24) is 10.4 Å². The Kier molecular flexibility index (Phi) is 4.62. The summed E-state index contributed by atoms with van der Waals surface area (Å²) in [7, 11) is 0. The van der Waals surface area contributed by atoms with Gasteiger partial charge in [0.2, 0.25) is 0 Å². The molecule has 0 unspecified atom stereocenters. The number of amides is 1. The van der Waals surface area contributed by atoms with E-state index in [0.717, 1.165) is 10.0 Å². The Balaban J connectivity index is 1.85. The molecule has 3 aromatic rings. The molecule has 1 aromatic heterocycles. The van der Waals surface area contributed by atoms with Crippen LogP contribution in [-0.2, 0) is 0 Å². The number of carbonyl (C=O) groups excluding carboxylic acids is 1. The summed E-state index contributed by atoms with van der Waals surface area (Å²) in [5.74, 6) is -0.462. The minimum atomic E-state index is -0.481. The van der Waals surface area contributed by atoms with E-state index < -0.39 is 10.8 Å². The number of aryl methyl sites for hydroxylation is 1. The average Bonchev–Trinajstić information content (AvgIpc) is 2.93. The number of halogens is 1. The second kappa shape index (κ2) is 6.86. The standard InChI is InChI=1S/C17H13BrN4O3/c1-10-13-3-2-4-14(22(24)25)16(13)20-15(10)17(23)21-19-9-11-5-7-12(18)8-6-11/h2-9,20H,1H3,(H,21,23). The lowest BCUT2D eigenvalue weighted by Crippen LogP contribution is -2.18. The fourth-order valence-electron chi connectivity index (χ4n) is 2.49. The number of aromatic nitrogens is 1. The van der Waals surface area contributed by atoms with Crippen molar-refractivity contribution in [3.63, 3.8) is 0 Å². The van der Waals surface area contributed by atoms with Crippen LogP contribution in [0, 0.1) is 17.0 Å². The fraction of sp³-hybridized carbons (Fsp3) is 0.0588. The first kappa shape index (κ1) is 16.8. The van der Waals surface area contributed by atoms with Crippen molar-refractivity contribution >= 4 is 44.6 Å². The van der Waals surface area contributed by atoms with E-state index in [1.807, 2.05) is 24.3 Å². The molecule has 2 N–H and O–H groups in total. The number of hydrogen-bond acceptors (Lipinski definition) is 4. The Morgan fingerprint density at radius 1 is 1.28 bits per heavy atom. The molecular weight excluding hydrogens is 388 g/mol. The third kappa shape index (κ3) is 3.43. The number of aromatic amines is 1. The number of H-pyrrole nitrogens is 1. The number of non-ortho nitro benzene ring substituents is 1. The van der Waals surface area contributed by atoms with Gasteiger partial charge in [-0.1, -0.05) is 40.2 Å². The summed E-state index contributed by atoms with van der Waals surface area (Å²) in [6, 6.07) is 12.1. The second-order valence-electron chi connectivity index (χ2n) is 5.33. The molecule has 0 radical (unpaired) electrons. The van der Waals surface area contributed by atoms with E-state index in [1.165, 1.54) is 12.3 Å². The summed E-state index contributed by atoms with van der Waals surface area (Å²) in [5.41, 5.74) is 4.39. The monoisotopic (exact) mass is 400 g/mol. The zero-order valence-corrected chi connectivity index (χ0v) is 14.7. The van der Waals surface area contributed by atoms with Crippen molar-refractivity contribution < 1.29 is 9.72 Å². The fourth-order valence-corrected chi connectivity index (χ4v) is 2.75. The van der Waals surface area contributed by atoms with Crippen LogP contribution in [0.4, 0.5) is 5.69 Å². The van der Waals surface area contributed by atoms with Crippen LogP contribution in [0.3, 0.4) is 0 Å². The van der Waals surface area contributed by atoms with Gasteiger partial charge in [-0.15, -0.1) is 0 Å². The van der Waals surface area contributed by atoms with Gasteiger partial charge in [0.15, 0.2) is 0 Å². The predicted molar refractivity (Wildman–Crippen MR) is 98.9 cm³/mol. The molecule has 25 heavy (non-hydrogen) atoms. The van der Waals surface area contributed by atoms with Gasteiger partial charge >= 0.3 is 0 Å². The van der Waals surface area contributed by atoms with Gasteiger partial charge in [0, 0.05) is 15.9 Å². The van der Waals surface area contributed by atoms with Crippen molar-refractivity contribution in [3.8, 4) is 0 Å². The van der Waals surface area contributed by atoms with Crippen LogP contribution in [-0.4, -0.2) is 22.0 Å². The van der Waals surface area contributed by atoms with Gasteiger partial charge in [0.05, 0.1) is 11.1 Å². The maximum absolute atomic E-state index is 12.3. The van der Waals surface area contributed by atoms with Crippen LogP contribution in [0.15, 0.2) is 52.0 Å². The smallest absolute Gasteiger partial charge is 0.293 e. The summed E-state index contributed by atoms with van der Waals surface area (Å²) >= 11 is 3.34. The number of para-hydroxylation sites is 1. The quantitative estimate of drug-likeness (QED) is 0.394. The van der Waals surface area contributed by atoms with Gasteiger partial charge in [-0.2, -0.15) is 5.10 Å². The van der Waals surface area contributed by atoms with Gasteiger partial charge in [0.1, 0.15) is 11.2 Å². The summed E-state index contributed by atoms with van der Waals surface area (Å²) in [4.78, 5) is 25.8. The average molecular weight is 401 g/mol. The van der Waals surface area contributed by atoms with Crippen LogP contribution in [0.25, 0.3) is 10.9 Å². The van der Waals surface area contributed by atoms with Crippen LogP contribution in [0.1, 0.15) is 21.6 Å². The van der Waals surface area contributed by atoms with Gasteiger partial charge in [-0.05, 0) is 30.2 Å². The third-order valence-electron chi connectivity index (χ3n) is 3.74. The molecule has 0 spiro atoms. The highest BCUT2D eigenvalue weighted by Gasteiger charge is 2.20. The van der Waals surface area contributed by atoms with Crippen LogP contribution < -0.4 is 5.43 Å². The predicted octanol–water partition coefficient (Wildman–Crippen LogP) is 3.91. The molecule has 0 saturated carbocycles. The molecule has 1 amide bonds. The van der Waals surface area contributed by atoms with E-state index in [9.17, 15) is 14.9 Å². The lowest BCUT2D eigenvalue weighted by atomic mass is 10.1. The topological polar surface area (TPSA) is 100 Å². The number of hydrazone groups is 1. The molecule has 1 heterocycles. The number of fused-ring (bicyclic) bond motifs is 1. The molecule has 0 saturated heterocycles. The molecule has 7 nitrogen and oxygen atoms in total. The molecule has 126 valence electrons. The molecule has 3 rings (SSSR count). The molecule has 0 aliphatic carbocycles. The first-order chi connectivity index (χ1) is 12.0. The van der Waals surface area contributed by atoms with Crippen molar-refractivity contribution in [1.29, 1.82) is 0 Å². The summed E-state index contributed by atoms with van der Waals surface area (Å²) in [5, 5.41) is 15.7. The second-order valence-corrected chi connectivity index (χ2v) is 6.25. The lowest BCUT2D eigenvalue weighted by Gasteiger charge is -1.99. The van der Waals surface area contributed by atoms with Crippen molar-refractivity contribution in [2.24, 2.45) is 5.10 Å². The van der Waals surface area contributed by atoms with Crippen molar-refractivity contribution in [2.75, 3.05) is 0 Å². The van der Waals surface area contributed by atoms with Gasteiger partial charge in [-0.3, -0.25) is 14.9 Å². The van der Waals surface area contributed by atoms with Crippen molar-refractivity contribution in [3.05, 3.63) is 73.9 Å². The van der Waals surface area contributed by atoms with Gasteiger partial charge in [0.25, 0.3) is 11.6 Å². The Bertz CT molecular complexity index is 993. The summed E-state index contributed by atoms with van der Waals surface area (Å²) < 4.78 is 0.948. The van der Waals surface area contributed by atoms with E-state index in [0.29, 0.717) is 16.5 Å². The van der Waals surface area contributed by atoms with E-state index in [4.69, 9.17) is 0 Å². The first-order valence-corrected chi connectivity index (χ1v) is 8.11. The van der Waals surface area contributed by atoms with E-state index >= 15 is 0 Å². The molecular formula is C17H13BrN4O3. The number of rotatable bonds is 4. The van der Waals surface area contributed by atoms with E-state index in [2.05, 4.69) is 31.4 Å². The Hall–Kier alpha value is -3.00. The number of benzene rings is 2. The number of carbonyl (C=O) groups is 1. The molecule has 8 heteroatoms. The van der Waals surface area contributed by atoms with Gasteiger partial charge in [-0.25, -0.2) is 5.43 Å². The highest BCUT2D eigenvalue weighted by atomic mass is 79.9. The lowest BCUT2D eigenvalue weighted by molar-refractivity contribution is -0.383. The zero-order chi connectivity index (χ0) is 18.0. The Morgan fingerprint density at radius 2 is 2.00 bits per heavy atom. The molecule has 0 aliphatic rings. The zero-order valence-electron chi connectivity index (χ0n) is 13.1. The summed E-state index contributed by atoms with van der Waals surface area (Å²) in [6.07, 6.45) is 1.52. The molecule has 0 fully saturated rings. The molecule has 0 bridgehead atoms. The van der Waals surface area contributed by atoms with Crippen LogP contribution in [0.5, 0.6) is 0 Å². The molecule has 2 aromatic carbocycles. The Labute approximate surface area is 151 Å². The van der Waals surface area contributed by atoms with E-state index in [-0.39, 0.29) is 11.4 Å². The van der Waals surface area contributed by atoms with Gasteiger partial charge < -0.3 is 4.98 Å². The molecule has 0 aliphatic heterocycles. The highest BCUT2D eigenvalue weighted by molar-refractivity contribution is 9.10. The first-order valence-electron chi connectivity index (χ1n) is 7.32. The Morgan fingerprint density at radius 3 is 2.68 bits per heavy atom. The maximum atomic E-state index is 12.3. The largest absolute Gasteiger partial charge is 0.345 e. The molecule has 0 atom stereocenters. The van der Waals surface area contributed by atoms with Crippen LogP contribution >= 0.6 is 15.9 Å². The minimum absolute atomic E-state index is 0.0713. The number of nitro benzene ring substituents is 1. The SMILES string of the molecule is Cc1c(C(=O)NN=Cc2ccc(Br)cc2)[nH]c2c([N+](=O)[O-])cccc12. The van der Waals surface area contributed by atoms with E-state index in [1.54, 1.807) is 19.1 Å².